The smallest absolute Gasteiger partial charge is 0.0438 e. The summed E-state index contributed by atoms with van der Waals surface area (Å²) in [6.45, 7) is 0. The van der Waals surface area contributed by atoms with Crippen LogP contribution in [0.5, 0.6) is 0 Å². The van der Waals surface area contributed by atoms with Crippen LogP contribution < -0.4 is 5.73 Å². The first-order valence-corrected chi connectivity index (χ1v) is 6.70. The van der Waals surface area contributed by atoms with Gasteiger partial charge in [0.15, 0.2) is 0 Å². The summed E-state index contributed by atoms with van der Waals surface area (Å²) >= 11 is 6.18. The van der Waals surface area contributed by atoms with Crippen LogP contribution in [0.3, 0.4) is 0 Å². The second kappa shape index (κ2) is 4.75. The van der Waals surface area contributed by atoms with E-state index in [0.29, 0.717) is 5.92 Å². The van der Waals surface area contributed by atoms with E-state index in [-0.39, 0.29) is 6.04 Å². The Morgan fingerprint density at radius 1 is 1.11 bits per heavy atom. The van der Waals surface area contributed by atoms with Crippen molar-refractivity contribution in [2.24, 2.45) is 5.73 Å². The monoisotopic (exact) mass is 257 g/mol. The van der Waals surface area contributed by atoms with Crippen LogP contribution in [-0.2, 0) is 12.8 Å². The van der Waals surface area contributed by atoms with E-state index in [1.165, 1.54) is 11.1 Å². The first-order chi connectivity index (χ1) is 8.75. The summed E-state index contributed by atoms with van der Waals surface area (Å²) < 4.78 is 0. The van der Waals surface area contributed by atoms with Crippen molar-refractivity contribution in [3.8, 4) is 0 Å². The van der Waals surface area contributed by atoms with Crippen molar-refractivity contribution >= 4 is 11.6 Å². The van der Waals surface area contributed by atoms with Crippen molar-refractivity contribution in [1.82, 2.24) is 0 Å². The normalized spacial score (nSPS) is 18.9. The van der Waals surface area contributed by atoms with Gasteiger partial charge in [0.1, 0.15) is 0 Å². The van der Waals surface area contributed by atoms with E-state index >= 15 is 0 Å². The Morgan fingerprint density at radius 3 is 2.61 bits per heavy atom. The highest BCUT2D eigenvalue weighted by atomic mass is 35.5. The van der Waals surface area contributed by atoms with Gasteiger partial charge in [-0.1, -0.05) is 54.1 Å². The molecule has 2 aromatic carbocycles. The molecule has 1 nitrogen and oxygen atoms in total. The van der Waals surface area contributed by atoms with Gasteiger partial charge in [0.05, 0.1) is 0 Å². The van der Waals surface area contributed by atoms with E-state index in [0.717, 1.165) is 23.4 Å². The molecule has 0 aromatic heterocycles. The molecule has 0 bridgehead atoms. The van der Waals surface area contributed by atoms with E-state index in [4.69, 9.17) is 17.3 Å². The van der Waals surface area contributed by atoms with Gasteiger partial charge in [0, 0.05) is 17.0 Å². The van der Waals surface area contributed by atoms with Gasteiger partial charge in [-0.05, 0) is 35.6 Å². The second-order valence-corrected chi connectivity index (χ2v) is 5.38. The number of rotatable bonds is 3. The van der Waals surface area contributed by atoms with Crippen LogP contribution >= 0.6 is 11.6 Å². The molecule has 0 aliphatic heterocycles. The topological polar surface area (TPSA) is 26.0 Å². The van der Waals surface area contributed by atoms with Crippen molar-refractivity contribution in [3.63, 3.8) is 0 Å². The summed E-state index contributed by atoms with van der Waals surface area (Å²) in [7, 11) is 0. The van der Waals surface area contributed by atoms with Crippen molar-refractivity contribution in [1.29, 1.82) is 0 Å². The van der Waals surface area contributed by atoms with Gasteiger partial charge < -0.3 is 5.73 Å². The molecule has 0 fully saturated rings. The van der Waals surface area contributed by atoms with E-state index in [1.807, 2.05) is 18.2 Å². The molecule has 0 heterocycles. The van der Waals surface area contributed by atoms with Crippen molar-refractivity contribution in [2.45, 2.75) is 24.8 Å². The largest absolute Gasteiger partial charge is 0.327 e. The maximum Gasteiger partial charge on any atom is 0.0438 e. The highest BCUT2D eigenvalue weighted by molar-refractivity contribution is 6.31. The molecular weight excluding hydrogens is 242 g/mol. The quantitative estimate of drug-likeness (QED) is 0.894. The molecule has 0 spiro atoms. The highest BCUT2D eigenvalue weighted by Gasteiger charge is 2.30. The minimum absolute atomic E-state index is 0.153. The highest BCUT2D eigenvalue weighted by Crippen LogP contribution is 2.37. The van der Waals surface area contributed by atoms with Crippen LogP contribution in [0.25, 0.3) is 0 Å². The minimum Gasteiger partial charge on any atom is -0.327 e. The molecule has 0 radical (unpaired) electrons. The lowest BCUT2D eigenvalue weighted by Crippen LogP contribution is -2.37. The lowest BCUT2D eigenvalue weighted by atomic mass is 9.72. The molecule has 18 heavy (non-hydrogen) atoms. The minimum atomic E-state index is 0.153. The molecule has 0 saturated carbocycles. The van der Waals surface area contributed by atoms with E-state index in [2.05, 4.69) is 30.3 Å². The van der Waals surface area contributed by atoms with Crippen LogP contribution in [0.1, 0.15) is 22.6 Å². The average molecular weight is 258 g/mol. The Balaban J connectivity index is 1.75. The van der Waals surface area contributed by atoms with Gasteiger partial charge in [0.2, 0.25) is 0 Å². The van der Waals surface area contributed by atoms with Crippen LogP contribution in [0.4, 0.5) is 0 Å². The maximum absolute atomic E-state index is 6.34. The molecule has 92 valence electrons. The van der Waals surface area contributed by atoms with Crippen LogP contribution in [0, 0.1) is 0 Å². The van der Waals surface area contributed by atoms with Gasteiger partial charge >= 0.3 is 0 Å². The number of hydrogen-bond donors (Lipinski definition) is 1. The third-order valence-electron chi connectivity index (χ3n) is 3.82. The first-order valence-electron chi connectivity index (χ1n) is 6.32. The molecule has 1 aliphatic carbocycles. The van der Waals surface area contributed by atoms with Gasteiger partial charge in [-0.25, -0.2) is 0 Å². The van der Waals surface area contributed by atoms with Gasteiger partial charge in [-0.2, -0.15) is 0 Å². The van der Waals surface area contributed by atoms with Gasteiger partial charge in [0.25, 0.3) is 0 Å². The standard InChI is InChI=1S/C16H16ClN/c17-15-8-4-2-6-12(15)10-16(18)14-9-11-5-1-3-7-13(11)14/h1-8,14,16H,9-10,18H2. The zero-order valence-corrected chi connectivity index (χ0v) is 10.9. The molecule has 2 heteroatoms. The Kier molecular flexibility index (Phi) is 3.11. The lowest BCUT2D eigenvalue weighted by Gasteiger charge is -2.34. The van der Waals surface area contributed by atoms with Crippen LogP contribution in [-0.4, -0.2) is 6.04 Å². The molecule has 0 amide bonds. The lowest BCUT2D eigenvalue weighted by molar-refractivity contribution is 0.480. The molecule has 2 aromatic rings. The Hall–Kier alpha value is -1.31. The van der Waals surface area contributed by atoms with Gasteiger partial charge in [-0.3, -0.25) is 0 Å². The zero-order valence-electron chi connectivity index (χ0n) is 10.1. The fourth-order valence-corrected chi connectivity index (χ4v) is 2.95. The number of nitrogens with two attached hydrogens (primary N) is 1. The molecule has 0 saturated heterocycles. The predicted molar refractivity (Wildman–Crippen MR) is 76.0 cm³/mol. The fraction of sp³-hybridized carbons (Fsp3) is 0.250. The number of hydrogen-bond acceptors (Lipinski definition) is 1. The predicted octanol–water partition coefficient (Wildman–Crippen LogP) is 3.55. The second-order valence-electron chi connectivity index (χ2n) is 4.97. The maximum atomic E-state index is 6.34. The zero-order chi connectivity index (χ0) is 12.5. The van der Waals surface area contributed by atoms with Crippen molar-refractivity contribution in [3.05, 3.63) is 70.2 Å². The number of benzene rings is 2. The molecular formula is C16H16ClN. The van der Waals surface area contributed by atoms with Crippen LogP contribution in [0.15, 0.2) is 48.5 Å². The SMILES string of the molecule is NC(Cc1ccccc1Cl)C1Cc2ccccc21. The molecule has 1 aliphatic rings. The van der Waals surface area contributed by atoms with E-state index in [9.17, 15) is 0 Å². The van der Waals surface area contributed by atoms with E-state index in [1.54, 1.807) is 0 Å². The molecule has 2 unspecified atom stereocenters. The summed E-state index contributed by atoms with van der Waals surface area (Å²) in [6, 6.07) is 16.7. The molecule has 3 rings (SSSR count). The van der Waals surface area contributed by atoms with Crippen molar-refractivity contribution < 1.29 is 0 Å². The van der Waals surface area contributed by atoms with Gasteiger partial charge in [-0.15, -0.1) is 0 Å². The fourth-order valence-electron chi connectivity index (χ4n) is 2.74. The number of fused-ring (bicyclic) bond motifs is 1. The summed E-state index contributed by atoms with van der Waals surface area (Å²) in [4.78, 5) is 0. The Bertz CT molecular complexity index is 565. The number of halogens is 1. The van der Waals surface area contributed by atoms with Crippen molar-refractivity contribution in [2.75, 3.05) is 0 Å². The third-order valence-corrected chi connectivity index (χ3v) is 4.19. The first kappa shape index (κ1) is 11.8. The van der Waals surface area contributed by atoms with E-state index < -0.39 is 0 Å². The molecule has 2 atom stereocenters. The Morgan fingerprint density at radius 2 is 1.83 bits per heavy atom. The summed E-state index contributed by atoms with van der Waals surface area (Å²) in [6.07, 6.45) is 1.94. The molecule has 2 N–H and O–H groups in total. The third kappa shape index (κ3) is 2.05. The summed E-state index contributed by atoms with van der Waals surface area (Å²) in [5, 5.41) is 0.820. The average Bonchev–Trinajstić information content (AvgIpc) is 2.34. The summed E-state index contributed by atoms with van der Waals surface area (Å²) in [5.74, 6) is 0.484. The van der Waals surface area contributed by atoms with Crippen LogP contribution in [0.2, 0.25) is 5.02 Å². The Labute approximate surface area is 113 Å². The summed E-state index contributed by atoms with van der Waals surface area (Å²) in [5.41, 5.74) is 10.3.